The molecule has 2 rings (SSSR count). The fraction of sp³-hybridized carbons (Fsp3) is 0.923. The first kappa shape index (κ1) is 12.8. The molecule has 2 fully saturated rings. The number of nitrogens with one attached hydrogen (secondary N) is 1. The van der Waals surface area contributed by atoms with Gasteiger partial charge in [-0.25, -0.2) is 0 Å². The van der Waals surface area contributed by atoms with Crippen LogP contribution in [0.25, 0.3) is 0 Å². The smallest absolute Gasteiger partial charge is 0.236 e. The largest absolute Gasteiger partial charge is 0.381 e. The maximum Gasteiger partial charge on any atom is 0.236 e. The predicted octanol–water partition coefficient (Wildman–Crippen LogP) is 1.01. The summed E-state index contributed by atoms with van der Waals surface area (Å²) in [5.74, 6) is 0.953. The Bertz CT molecular complexity index is 248. The zero-order chi connectivity index (χ0) is 12.1. The van der Waals surface area contributed by atoms with E-state index in [9.17, 15) is 4.79 Å². The third-order valence-electron chi connectivity index (χ3n) is 3.70. The maximum atomic E-state index is 11.9. The molecule has 1 saturated heterocycles. The quantitative estimate of drug-likeness (QED) is 0.753. The Hall–Kier alpha value is -0.610. The van der Waals surface area contributed by atoms with Crippen LogP contribution in [0.15, 0.2) is 0 Å². The number of hydrogen-bond acceptors (Lipinski definition) is 3. The van der Waals surface area contributed by atoms with Gasteiger partial charge in [-0.15, -0.1) is 0 Å². The lowest BCUT2D eigenvalue weighted by molar-refractivity contribution is -0.130. The van der Waals surface area contributed by atoms with Crippen molar-refractivity contribution in [3.63, 3.8) is 0 Å². The lowest BCUT2D eigenvalue weighted by Crippen LogP contribution is -2.41. The van der Waals surface area contributed by atoms with Gasteiger partial charge in [-0.2, -0.15) is 0 Å². The zero-order valence-corrected chi connectivity index (χ0v) is 10.8. The van der Waals surface area contributed by atoms with Crippen molar-refractivity contribution in [3.05, 3.63) is 0 Å². The Kier molecular flexibility index (Phi) is 4.80. The van der Waals surface area contributed by atoms with Crippen LogP contribution in [0.5, 0.6) is 0 Å². The molecule has 98 valence electrons. The molecule has 0 bridgehead atoms. The Morgan fingerprint density at radius 1 is 1.29 bits per heavy atom. The summed E-state index contributed by atoms with van der Waals surface area (Å²) in [5.41, 5.74) is 0. The van der Waals surface area contributed by atoms with Crippen molar-refractivity contribution in [3.8, 4) is 0 Å². The summed E-state index contributed by atoms with van der Waals surface area (Å²) in [5, 5.41) is 3.31. The first-order valence-corrected chi connectivity index (χ1v) is 6.89. The van der Waals surface area contributed by atoms with Crippen molar-refractivity contribution in [2.75, 3.05) is 32.8 Å². The third-order valence-corrected chi connectivity index (χ3v) is 3.70. The number of carbonyl (C=O) groups excluding carboxylic acids is 1. The van der Waals surface area contributed by atoms with Crippen molar-refractivity contribution < 1.29 is 9.53 Å². The first-order valence-electron chi connectivity index (χ1n) is 6.89. The second-order valence-corrected chi connectivity index (χ2v) is 5.10. The molecule has 1 heterocycles. The molecular weight excluding hydrogens is 216 g/mol. The van der Waals surface area contributed by atoms with Crippen molar-refractivity contribution in [1.82, 2.24) is 10.2 Å². The van der Waals surface area contributed by atoms with Gasteiger partial charge in [0.05, 0.1) is 6.54 Å². The van der Waals surface area contributed by atoms with E-state index in [1.807, 2.05) is 4.90 Å². The fourth-order valence-corrected chi connectivity index (χ4v) is 2.46. The first-order chi connectivity index (χ1) is 8.31. The average Bonchev–Trinajstić information content (AvgIpc) is 3.16. The van der Waals surface area contributed by atoms with Gasteiger partial charge >= 0.3 is 0 Å². The van der Waals surface area contributed by atoms with Crippen LogP contribution < -0.4 is 5.32 Å². The highest BCUT2D eigenvalue weighted by Gasteiger charge is 2.30. The van der Waals surface area contributed by atoms with Crippen LogP contribution in [0.4, 0.5) is 0 Å². The number of ether oxygens (including phenoxy) is 1. The van der Waals surface area contributed by atoms with Crippen LogP contribution in [0.3, 0.4) is 0 Å². The molecule has 0 aromatic rings. The van der Waals surface area contributed by atoms with Gasteiger partial charge < -0.3 is 15.0 Å². The van der Waals surface area contributed by atoms with Gasteiger partial charge in [0.2, 0.25) is 5.91 Å². The summed E-state index contributed by atoms with van der Waals surface area (Å²) >= 11 is 0. The average molecular weight is 240 g/mol. The molecule has 2 aliphatic rings. The van der Waals surface area contributed by atoms with Gasteiger partial charge in [0.15, 0.2) is 0 Å². The molecule has 1 aliphatic carbocycles. The molecule has 1 N–H and O–H groups in total. The molecular formula is C13H24N2O2. The molecule has 0 aromatic carbocycles. The second kappa shape index (κ2) is 6.36. The Morgan fingerprint density at radius 3 is 2.59 bits per heavy atom. The van der Waals surface area contributed by atoms with E-state index in [-0.39, 0.29) is 5.91 Å². The molecule has 0 radical (unpaired) electrons. The van der Waals surface area contributed by atoms with E-state index >= 15 is 0 Å². The monoisotopic (exact) mass is 240 g/mol. The molecule has 4 heteroatoms. The van der Waals surface area contributed by atoms with Gasteiger partial charge in [0, 0.05) is 25.8 Å². The van der Waals surface area contributed by atoms with E-state index in [0.29, 0.717) is 18.5 Å². The Morgan fingerprint density at radius 2 is 2.00 bits per heavy atom. The minimum Gasteiger partial charge on any atom is -0.381 e. The lowest BCUT2D eigenvalue weighted by atomic mass is 10.0. The topological polar surface area (TPSA) is 41.6 Å². The molecule has 0 spiro atoms. The number of rotatable bonds is 6. The third kappa shape index (κ3) is 3.96. The van der Waals surface area contributed by atoms with Crippen molar-refractivity contribution in [1.29, 1.82) is 0 Å². The summed E-state index contributed by atoms with van der Waals surface area (Å²) in [7, 11) is 0. The van der Waals surface area contributed by atoms with Gasteiger partial charge in [-0.1, -0.05) is 0 Å². The minimum absolute atomic E-state index is 0.266. The molecule has 4 nitrogen and oxygen atoms in total. The minimum atomic E-state index is 0.266. The number of likely N-dealkylation sites (N-methyl/N-ethyl adjacent to an activating group) is 1. The van der Waals surface area contributed by atoms with E-state index in [0.717, 1.165) is 39.1 Å². The van der Waals surface area contributed by atoms with Gasteiger partial charge in [-0.3, -0.25) is 4.79 Å². The molecule has 1 aliphatic heterocycles. The summed E-state index contributed by atoms with van der Waals surface area (Å²) in [6, 6.07) is 0.539. The van der Waals surface area contributed by atoms with E-state index in [1.54, 1.807) is 0 Å². The number of amides is 1. The van der Waals surface area contributed by atoms with Crippen molar-refractivity contribution in [2.24, 2.45) is 5.92 Å². The van der Waals surface area contributed by atoms with Crippen LogP contribution in [0.2, 0.25) is 0 Å². The standard InChI is InChI=1S/C13H24N2O2/c1-2-15(12-3-4-12)13(16)10-14-9-11-5-7-17-8-6-11/h11-12,14H,2-10H2,1H3. The fourth-order valence-electron chi connectivity index (χ4n) is 2.46. The van der Waals surface area contributed by atoms with Crippen LogP contribution >= 0.6 is 0 Å². The van der Waals surface area contributed by atoms with E-state index < -0.39 is 0 Å². The SMILES string of the molecule is CCN(C(=O)CNCC1CCOCC1)C1CC1. The molecule has 1 amide bonds. The summed E-state index contributed by atoms with van der Waals surface area (Å²) in [6.07, 6.45) is 4.64. The van der Waals surface area contributed by atoms with E-state index in [4.69, 9.17) is 4.74 Å². The number of hydrogen-bond donors (Lipinski definition) is 1. The molecule has 0 aromatic heterocycles. The maximum absolute atomic E-state index is 11.9. The van der Waals surface area contributed by atoms with Gasteiger partial charge in [0.1, 0.15) is 0 Å². The number of nitrogens with zero attached hydrogens (tertiary/aromatic N) is 1. The Balaban J connectivity index is 1.61. The Labute approximate surface area is 104 Å². The summed E-state index contributed by atoms with van der Waals surface area (Å²) in [6.45, 7) is 6.13. The molecule has 0 atom stereocenters. The zero-order valence-electron chi connectivity index (χ0n) is 10.8. The predicted molar refractivity (Wildman–Crippen MR) is 66.8 cm³/mol. The highest BCUT2D eigenvalue weighted by Crippen LogP contribution is 2.26. The van der Waals surface area contributed by atoms with Crippen LogP contribution in [-0.2, 0) is 9.53 Å². The van der Waals surface area contributed by atoms with Crippen molar-refractivity contribution in [2.45, 2.75) is 38.6 Å². The van der Waals surface area contributed by atoms with Crippen LogP contribution in [0.1, 0.15) is 32.6 Å². The van der Waals surface area contributed by atoms with Gasteiger partial charge in [0.25, 0.3) is 0 Å². The van der Waals surface area contributed by atoms with Crippen LogP contribution in [-0.4, -0.2) is 49.7 Å². The van der Waals surface area contributed by atoms with Crippen LogP contribution in [0, 0.1) is 5.92 Å². The lowest BCUT2D eigenvalue weighted by Gasteiger charge is -2.24. The summed E-state index contributed by atoms with van der Waals surface area (Å²) < 4.78 is 5.32. The second-order valence-electron chi connectivity index (χ2n) is 5.10. The molecule has 0 unspecified atom stereocenters. The van der Waals surface area contributed by atoms with Crippen molar-refractivity contribution >= 4 is 5.91 Å². The molecule has 17 heavy (non-hydrogen) atoms. The van der Waals surface area contributed by atoms with E-state index in [1.165, 1.54) is 12.8 Å². The van der Waals surface area contributed by atoms with E-state index in [2.05, 4.69) is 12.2 Å². The number of carbonyl (C=O) groups is 1. The highest BCUT2D eigenvalue weighted by atomic mass is 16.5. The highest BCUT2D eigenvalue weighted by molar-refractivity contribution is 5.78. The normalized spacial score (nSPS) is 21.5. The molecule has 1 saturated carbocycles. The van der Waals surface area contributed by atoms with Gasteiger partial charge in [-0.05, 0) is 45.1 Å². The summed E-state index contributed by atoms with van der Waals surface area (Å²) in [4.78, 5) is 13.9.